The SMILES string of the molecule is O=C1N=CC=CC1C(=O)Nc1nc(CC(=O)N2CCN(c3ccccc3Cl)CC2)cs1. The molecule has 2 aliphatic heterocycles. The van der Waals surface area contributed by atoms with E-state index in [4.69, 9.17) is 11.6 Å². The van der Waals surface area contributed by atoms with Gasteiger partial charge in [0.1, 0.15) is 5.92 Å². The number of carbonyl (C=O) groups is 3. The Morgan fingerprint density at radius 3 is 2.71 bits per heavy atom. The lowest BCUT2D eigenvalue weighted by Gasteiger charge is -2.36. The first kappa shape index (κ1) is 21.2. The number of aromatic nitrogens is 1. The number of rotatable bonds is 5. The van der Waals surface area contributed by atoms with Crippen LogP contribution in [0.3, 0.4) is 0 Å². The van der Waals surface area contributed by atoms with Crippen LogP contribution in [0.1, 0.15) is 5.69 Å². The summed E-state index contributed by atoms with van der Waals surface area (Å²) in [5, 5.41) is 5.42. The molecule has 1 saturated heterocycles. The second kappa shape index (κ2) is 9.40. The Labute approximate surface area is 188 Å². The molecule has 1 atom stereocenters. The molecule has 3 amide bonds. The molecule has 160 valence electrons. The van der Waals surface area contributed by atoms with Crippen molar-refractivity contribution in [3.63, 3.8) is 0 Å². The third kappa shape index (κ3) is 5.00. The highest BCUT2D eigenvalue weighted by molar-refractivity contribution is 7.14. The number of benzene rings is 1. The number of thiazole rings is 1. The molecule has 1 aromatic heterocycles. The number of amides is 3. The van der Waals surface area contributed by atoms with Gasteiger partial charge in [0, 0.05) is 37.8 Å². The van der Waals surface area contributed by atoms with Crippen molar-refractivity contribution < 1.29 is 14.4 Å². The molecule has 10 heteroatoms. The quantitative estimate of drug-likeness (QED) is 0.696. The molecule has 3 heterocycles. The molecular formula is C21H20ClN5O3S. The molecule has 2 aliphatic rings. The summed E-state index contributed by atoms with van der Waals surface area (Å²) in [7, 11) is 0. The summed E-state index contributed by atoms with van der Waals surface area (Å²) in [5.74, 6) is -1.96. The standard InChI is InChI=1S/C21H20ClN5O3S/c22-16-5-1-2-6-17(16)26-8-10-27(11-9-26)18(28)12-14-13-31-21(24-14)25-20(30)15-4-3-7-23-19(15)29/h1-7,13,15H,8-12H2,(H,24,25,30). The molecule has 31 heavy (non-hydrogen) atoms. The highest BCUT2D eigenvalue weighted by atomic mass is 35.5. The number of dihydropyridines is 1. The van der Waals surface area contributed by atoms with Gasteiger partial charge in [-0.25, -0.2) is 9.98 Å². The number of aliphatic imine (C=N–C) groups is 1. The molecule has 1 fully saturated rings. The van der Waals surface area contributed by atoms with Crippen LogP contribution in [0.4, 0.5) is 10.8 Å². The van der Waals surface area contributed by atoms with Crippen LogP contribution >= 0.6 is 22.9 Å². The Hall–Kier alpha value is -3.04. The number of allylic oxidation sites excluding steroid dienone is 1. The minimum atomic E-state index is -0.951. The Morgan fingerprint density at radius 1 is 1.19 bits per heavy atom. The molecule has 1 N–H and O–H groups in total. The molecule has 1 unspecified atom stereocenters. The number of nitrogens with one attached hydrogen (secondary N) is 1. The zero-order valence-electron chi connectivity index (χ0n) is 16.5. The van der Waals surface area contributed by atoms with E-state index in [-0.39, 0.29) is 12.3 Å². The highest BCUT2D eigenvalue weighted by Gasteiger charge is 2.26. The van der Waals surface area contributed by atoms with E-state index in [1.54, 1.807) is 11.5 Å². The molecule has 0 saturated carbocycles. The summed E-state index contributed by atoms with van der Waals surface area (Å²) in [4.78, 5) is 48.5. The normalized spacial score (nSPS) is 18.4. The molecule has 4 rings (SSSR count). The Morgan fingerprint density at radius 2 is 1.97 bits per heavy atom. The maximum absolute atomic E-state index is 12.7. The summed E-state index contributed by atoms with van der Waals surface area (Å²) in [5.41, 5.74) is 1.57. The number of piperazine rings is 1. The first-order valence-corrected chi connectivity index (χ1v) is 11.0. The first-order valence-electron chi connectivity index (χ1n) is 9.78. The Kier molecular flexibility index (Phi) is 6.43. The summed E-state index contributed by atoms with van der Waals surface area (Å²) in [6.07, 6.45) is 4.56. The number of carbonyl (C=O) groups excluding carboxylic acids is 3. The maximum atomic E-state index is 12.7. The third-order valence-electron chi connectivity index (χ3n) is 5.08. The van der Waals surface area contributed by atoms with Crippen LogP contribution in [-0.2, 0) is 20.8 Å². The largest absolute Gasteiger partial charge is 0.367 e. The summed E-state index contributed by atoms with van der Waals surface area (Å²) in [6.45, 7) is 2.63. The van der Waals surface area contributed by atoms with Crippen LogP contribution in [0.25, 0.3) is 0 Å². The minimum absolute atomic E-state index is 0.0123. The molecule has 0 spiro atoms. The van der Waals surface area contributed by atoms with Crippen molar-refractivity contribution in [2.45, 2.75) is 6.42 Å². The van der Waals surface area contributed by atoms with Crippen LogP contribution < -0.4 is 10.2 Å². The van der Waals surface area contributed by atoms with Gasteiger partial charge in [0.05, 0.1) is 22.8 Å². The van der Waals surface area contributed by atoms with Crippen LogP contribution in [0.2, 0.25) is 5.02 Å². The van der Waals surface area contributed by atoms with Gasteiger partial charge in [-0.15, -0.1) is 11.3 Å². The molecule has 0 bridgehead atoms. The predicted molar refractivity (Wildman–Crippen MR) is 121 cm³/mol. The fourth-order valence-corrected chi connectivity index (χ4v) is 4.41. The van der Waals surface area contributed by atoms with Crippen molar-refractivity contribution in [2.24, 2.45) is 10.9 Å². The van der Waals surface area contributed by atoms with E-state index in [2.05, 4.69) is 20.2 Å². The smallest absolute Gasteiger partial charge is 0.262 e. The van der Waals surface area contributed by atoms with Crippen molar-refractivity contribution in [1.29, 1.82) is 0 Å². The lowest BCUT2D eigenvalue weighted by molar-refractivity contribution is -0.131. The van der Waals surface area contributed by atoms with E-state index in [9.17, 15) is 14.4 Å². The van der Waals surface area contributed by atoms with Gasteiger partial charge in [0.25, 0.3) is 5.91 Å². The number of nitrogens with zero attached hydrogens (tertiary/aromatic N) is 4. The average molecular weight is 458 g/mol. The van der Waals surface area contributed by atoms with Crippen molar-refractivity contribution in [3.8, 4) is 0 Å². The van der Waals surface area contributed by atoms with E-state index in [0.717, 1.165) is 5.69 Å². The topological polar surface area (TPSA) is 95.0 Å². The maximum Gasteiger partial charge on any atom is 0.262 e. The predicted octanol–water partition coefficient (Wildman–Crippen LogP) is 2.41. The Balaban J connectivity index is 1.29. The summed E-state index contributed by atoms with van der Waals surface area (Å²) < 4.78 is 0. The van der Waals surface area contributed by atoms with Crippen LogP contribution in [0.15, 0.2) is 46.8 Å². The van der Waals surface area contributed by atoms with Gasteiger partial charge in [0.2, 0.25) is 11.8 Å². The second-order valence-electron chi connectivity index (χ2n) is 7.11. The third-order valence-corrected chi connectivity index (χ3v) is 6.21. The Bertz CT molecular complexity index is 1060. The number of hydrogen-bond acceptors (Lipinski definition) is 6. The molecule has 0 radical (unpaired) electrons. The van der Waals surface area contributed by atoms with Gasteiger partial charge in [-0.05, 0) is 18.2 Å². The lowest BCUT2D eigenvalue weighted by Crippen LogP contribution is -2.49. The molecule has 8 nitrogen and oxygen atoms in total. The summed E-state index contributed by atoms with van der Waals surface area (Å²) >= 11 is 7.49. The van der Waals surface area contributed by atoms with E-state index in [0.29, 0.717) is 42.0 Å². The first-order chi connectivity index (χ1) is 15.0. The second-order valence-corrected chi connectivity index (χ2v) is 8.37. The van der Waals surface area contributed by atoms with E-state index < -0.39 is 17.7 Å². The minimum Gasteiger partial charge on any atom is -0.367 e. The fourth-order valence-electron chi connectivity index (χ4n) is 3.44. The number of hydrogen-bond donors (Lipinski definition) is 1. The van der Waals surface area contributed by atoms with Crippen molar-refractivity contribution in [1.82, 2.24) is 9.88 Å². The average Bonchev–Trinajstić information content (AvgIpc) is 3.21. The van der Waals surface area contributed by atoms with E-state index in [1.165, 1.54) is 23.6 Å². The highest BCUT2D eigenvalue weighted by Crippen LogP contribution is 2.26. The molecule has 2 aromatic rings. The molecule has 1 aromatic carbocycles. The van der Waals surface area contributed by atoms with Crippen molar-refractivity contribution in [3.05, 3.63) is 52.5 Å². The van der Waals surface area contributed by atoms with Crippen molar-refractivity contribution >= 4 is 57.7 Å². The number of para-hydroxylation sites is 1. The molecular weight excluding hydrogens is 438 g/mol. The number of halogens is 1. The summed E-state index contributed by atoms with van der Waals surface area (Å²) in [6, 6.07) is 7.69. The van der Waals surface area contributed by atoms with Crippen LogP contribution in [-0.4, -0.2) is 60.0 Å². The van der Waals surface area contributed by atoms with Gasteiger partial charge < -0.3 is 15.1 Å². The zero-order valence-corrected chi connectivity index (χ0v) is 18.1. The molecule has 0 aliphatic carbocycles. The van der Waals surface area contributed by atoms with E-state index >= 15 is 0 Å². The van der Waals surface area contributed by atoms with Gasteiger partial charge in [-0.2, -0.15) is 0 Å². The van der Waals surface area contributed by atoms with Crippen LogP contribution in [0.5, 0.6) is 0 Å². The van der Waals surface area contributed by atoms with Gasteiger partial charge >= 0.3 is 0 Å². The van der Waals surface area contributed by atoms with E-state index in [1.807, 2.05) is 29.2 Å². The van der Waals surface area contributed by atoms with Crippen LogP contribution in [0, 0.1) is 5.92 Å². The van der Waals surface area contributed by atoms with Gasteiger partial charge in [0.15, 0.2) is 5.13 Å². The monoisotopic (exact) mass is 457 g/mol. The lowest BCUT2D eigenvalue weighted by atomic mass is 10.1. The van der Waals surface area contributed by atoms with Crippen molar-refractivity contribution in [2.75, 3.05) is 36.4 Å². The van der Waals surface area contributed by atoms with Gasteiger partial charge in [-0.1, -0.05) is 29.8 Å². The fraction of sp³-hybridized carbons (Fsp3) is 0.286. The zero-order chi connectivity index (χ0) is 21.8. The number of anilines is 2. The van der Waals surface area contributed by atoms with Gasteiger partial charge in [-0.3, -0.25) is 14.4 Å².